The van der Waals surface area contributed by atoms with Crippen molar-refractivity contribution < 1.29 is 9.67 Å². The smallest absolute Gasteiger partial charge is 0.143 e. The monoisotopic (exact) mass is 464 g/mol. The first-order valence-electron chi connectivity index (χ1n) is 11.5. The van der Waals surface area contributed by atoms with E-state index in [2.05, 4.69) is 57.3 Å². The van der Waals surface area contributed by atoms with Crippen LogP contribution in [-0.2, 0) is 4.57 Å². The van der Waals surface area contributed by atoms with E-state index in [1.165, 1.54) is 5.19 Å². The minimum Gasteiger partial charge on any atom is -0.393 e. The highest BCUT2D eigenvalue weighted by Crippen LogP contribution is 2.52. The molecule has 0 aliphatic heterocycles. The second kappa shape index (κ2) is 9.91. The molecule has 3 aromatic carbocycles. The van der Waals surface area contributed by atoms with Gasteiger partial charge in [-0.15, -0.1) is 0 Å². The molecule has 1 N–H and O–H groups in total. The van der Waals surface area contributed by atoms with Gasteiger partial charge in [0, 0.05) is 22.2 Å². The lowest BCUT2D eigenvalue weighted by atomic mass is 9.82. The van der Waals surface area contributed by atoms with Gasteiger partial charge in [0.2, 0.25) is 0 Å². The van der Waals surface area contributed by atoms with Gasteiger partial charge in [-0.05, 0) is 18.9 Å². The molecule has 0 heterocycles. The van der Waals surface area contributed by atoms with E-state index in [1.807, 2.05) is 67.6 Å². The summed E-state index contributed by atoms with van der Waals surface area (Å²) < 4.78 is 14.7. The molecule has 0 bridgehead atoms. The van der Waals surface area contributed by atoms with Gasteiger partial charge in [-0.1, -0.05) is 123 Å². The molecule has 3 unspecified atom stereocenters. The zero-order valence-electron chi connectivity index (χ0n) is 20.0. The zero-order chi connectivity index (χ0) is 23.4. The first-order chi connectivity index (χ1) is 15.1. The predicted molar refractivity (Wildman–Crippen MR) is 142 cm³/mol. The van der Waals surface area contributed by atoms with E-state index < -0.39 is 26.7 Å². The molecule has 32 heavy (non-hydrogen) atoms. The molecule has 2 nitrogen and oxygen atoms in total. The average molecular weight is 465 g/mol. The van der Waals surface area contributed by atoms with Gasteiger partial charge in [0.1, 0.15) is 7.14 Å². The minimum absolute atomic E-state index is 0.421. The highest BCUT2D eigenvalue weighted by Gasteiger charge is 2.43. The second-order valence-electron chi connectivity index (χ2n) is 10.1. The maximum Gasteiger partial charge on any atom is 0.143 e. The normalized spacial score (nSPS) is 16.2. The lowest BCUT2D eigenvalue weighted by Gasteiger charge is -2.42. The summed E-state index contributed by atoms with van der Waals surface area (Å²) in [6.07, 6.45) is 0.726. The SMILES string of the molecule is CC(O)C(C)(CC(C)[Si](C)(C)c1ccccc1)CP(=O)(c1ccccc1)c1ccccc1. The lowest BCUT2D eigenvalue weighted by Crippen LogP contribution is -2.48. The summed E-state index contributed by atoms with van der Waals surface area (Å²) in [6.45, 7) is 11.1. The van der Waals surface area contributed by atoms with Crippen molar-refractivity contribution in [2.75, 3.05) is 6.16 Å². The van der Waals surface area contributed by atoms with E-state index >= 15 is 0 Å². The van der Waals surface area contributed by atoms with E-state index in [1.54, 1.807) is 0 Å². The van der Waals surface area contributed by atoms with Gasteiger partial charge in [-0.2, -0.15) is 0 Å². The molecule has 0 fully saturated rings. The molecule has 170 valence electrons. The predicted octanol–water partition coefficient (Wildman–Crippen LogP) is 5.78. The fourth-order valence-corrected chi connectivity index (χ4v) is 10.6. The number of aliphatic hydroxyl groups excluding tert-OH is 1. The summed E-state index contributed by atoms with van der Waals surface area (Å²) in [5, 5.41) is 14.2. The summed E-state index contributed by atoms with van der Waals surface area (Å²) in [6, 6.07) is 30.4. The van der Waals surface area contributed by atoms with Crippen LogP contribution in [0.4, 0.5) is 0 Å². The zero-order valence-corrected chi connectivity index (χ0v) is 21.9. The number of hydrogen-bond donors (Lipinski definition) is 1. The van der Waals surface area contributed by atoms with Crippen molar-refractivity contribution in [2.24, 2.45) is 5.41 Å². The van der Waals surface area contributed by atoms with Crippen LogP contribution in [0.2, 0.25) is 18.6 Å². The molecule has 3 rings (SSSR count). The quantitative estimate of drug-likeness (QED) is 0.322. The Kier molecular flexibility index (Phi) is 7.65. The van der Waals surface area contributed by atoms with E-state index in [0.717, 1.165) is 17.0 Å². The Hall–Kier alpha value is -1.93. The summed E-state index contributed by atoms with van der Waals surface area (Å²) in [5.41, 5.74) is -0.0517. The minimum atomic E-state index is -2.92. The molecule has 4 heteroatoms. The molecular formula is C28H37O2PSi. The van der Waals surface area contributed by atoms with Crippen LogP contribution in [0.25, 0.3) is 0 Å². The molecule has 3 atom stereocenters. The molecule has 0 aliphatic rings. The van der Waals surface area contributed by atoms with Crippen molar-refractivity contribution in [3.05, 3.63) is 91.0 Å². The molecular weight excluding hydrogens is 427 g/mol. The van der Waals surface area contributed by atoms with Gasteiger partial charge in [0.05, 0.1) is 14.2 Å². The third kappa shape index (κ3) is 5.17. The third-order valence-electron chi connectivity index (χ3n) is 7.46. The van der Waals surface area contributed by atoms with Gasteiger partial charge in [0.15, 0.2) is 0 Å². The van der Waals surface area contributed by atoms with E-state index in [0.29, 0.717) is 11.7 Å². The Balaban J connectivity index is 2.00. The standard InChI is InChI=1S/C28H37O2PSi/c1-23(32(4,5)27-19-13-8-14-20-27)21-28(3,24(2)29)22-31(30,25-15-9-6-10-16-25)26-17-11-7-12-18-26/h6-20,23-24,29H,21-22H2,1-5H3. The molecule has 0 saturated carbocycles. The van der Waals surface area contributed by atoms with Crippen LogP contribution in [0.1, 0.15) is 27.2 Å². The van der Waals surface area contributed by atoms with Gasteiger partial charge < -0.3 is 9.67 Å². The van der Waals surface area contributed by atoms with Crippen LogP contribution in [-0.4, -0.2) is 25.4 Å². The maximum atomic E-state index is 14.7. The first kappa shape index (κ1) is 24.7. The van der Waals surface area contributed by atoms with Gasteiger partial charge in [-0.3, -0.25) is 0 Å². The van der Waals surface area contributed by atoms with Crippen LogP contribution in [0, 0.1) is 5.41 Å². The van der Waals surface area contributed by atoms with Crippen molar-refractivity contribution in [1.29, 1.82) is 0 Å². The summed E-state index contributed by atoms with van der Waals surface area (Å²) in [7, 11) is -4.70. The molecule has 0 saturated heterocycles. The number of aliphatic hydroxyl groups is 1. The van der Waals surface area contributed by atoms with Crippen molar-refractivity contribution in [3.63, 3.8) is 0 Å². The largest absolute Gasteiger partial charge is 0.393 e. The number of hydrogen-bond acceptors (Lipinski definition) is 2. The van der Waals surface area contributed by atoms with Crippen molar-refractivity contribution in [3.8, 4) is 0 Å². The Morgan fingerprint density at radius 2 is 1.22 bits per heavy atom. The van der Waals surface area contributed by atoms with E-state index in [-0.39, 0.29) is 0 Å². The van der Waals surface area contributed by atoms with Gasteiger partial charge in [0.25, 0.3) is 0 Å². The molecule has 0 radical (unpaired) electrons. The lowest BCUT2D eigenvalue weighted by molar-refractivity contribution is 0.0612. The van der Waals surface area contributed by atoms with Gasteiger partial charge in [-0.25, -0.2) is 0 Å². The summed E-state index contributed by atoms with van der Waals surface area (Å²) >= 11 is 0. The number of rotatable bonds is 9. The molecule has 3 aromatic rings. The third-order valence-corrected chi connectivity index (χ3v) is 15.4. The van der Waals surface area contributed by atoms with E-state index in [9.17, 15) is 9.67 Å². The van der Waals surface area contributed by atoms with Gasteiger partial charge >= 0.3 is 0 Å². The fourth-order valence-electron chi connectivity index (χ4n) is 4.65. The first-order valence-corrected chi connectivity index (χ1v) is 16.5. The molecule has 0 aliphatic carbocycles. The molecule has 0 aromatic heterocycles. The Morgan fingerprint density at radius 1 is 0.812 bits per heavy atom. The molecule has 0 amide bonds. The number of benzene rings is 3. The second-order valence-corrected chi connectivity index (χ2v) is 17.9. The topological polar surface area (TPSA) is 37.3 Å². The van der Waals surface area contributed by atoms with Crippen LogP contribution in [0.15, 0.2) is 91.0 Å². The maximum absolute atomic E-state index is 14.7. The Morgan fingerprint density at radius 3 is 1.62 bits per heavy atom. The molecule has 0 spiro atoms. The Labute approximate surface area is 195 Å². The average Bonchev–Trinajstić information content (AvgIpc) is 2.80. The highest BCUT2D eigenvalue weighted by atomic mass is 31.2. The van der Waals surface area contributed by atoms with Crippen LogP contribution in [0.3, 0.4) is 0 Å². The summed E-state index contributed by atoms with van der Waals surface area (Å²) in [4.78, 5) is 0. The van der Waals surface area contributed by atoms with Crippen LogP contribution in [0.5, 0.6) is 0 Å². The fraction of sp³-hybridized carbons (Fsp3) is 0.357. The van der Waals surface area contributed by atoms with Crippen molar-refractivity contribution in [2.45, 2.75) is 51.9 Å². The van der Waals surface area contributed by atoms with Crippen molar-refractivity contribution >= 4 is 31.0 Å². The summed E-state index contributed by atoms with van der Waals surface area (Å²) in [5.74, 6) is 0. The van der Waals surface area contributed by atoms with Crippen molar-refractivity contribution in [1.82, 2.24) is 0 Å². The highest BCUT2D eigenvalue weighted by molar-refractivity contribution is 7.78. The van der Waals surface area contributed by atoms with Crippen LogP contribution >= 0.6 is 7.14 Å². The van der Waals surface area contributed by atoms with Crippen LogP contribution < -0.4 is 15.8 Å². The Bertz CT molecular complexity index is 991. The van der Waals surface area contributed by atoms with E-state index in [4.69, 9.17) is 0 Å².